The van der Waals surface area contributed by atoms with Crippen molar-refractivity contribution in [3.05, 3.63) is 75.2 Å². The van der Waals surface area contributed by atoms with Gasteiger partial charge in [0.1, 0.15) is 5.82 Å². The molecule has 28 heavy (non-hydrogen) atoms. The van der Waals surface area contributed by atoms with Crippen molar-refractivity contribution in [3.8, 4) is 0 Å². The molecule has 1 atom stereocenters. The number of anilines is 1. The maximum Gasteiger partial charge on any atom is 0.232 e. The summed E-state index contributed by atoms with van der Waals surface area (Å²) in [4.78, 5) is 27.8. The fourth-order valence-corrected chi connectivity index (χ4v) is 4.76. The second-order valence-electron chi connectivity index (χ2n) is 7.60. The zero-order valence-corrected chi connectivity index (χ0v) is 16.6. The quantitative estimate of drug-likeness (QED) is 0.659. The van der Waals surface area contributed by atoms with E-state index in [2.05, 4.69) is 0 Å². The Morgan fingerprint density at radius 3 is 2.46 bits per heavy atom. The first-order chi connectivity index (χ1) is 13.4. The van der Waals surface area contributed by atoms with Crippen molar-refractivity contribution in [3.63, 3.8) is 0 Å². The van der Waals surface area contributed by atoms with Crippen LogP contribution in [0.4, 0.5) is 10.1 Å². The molecule has 2 aromatic rings. The first kappa shape index (κ1) is 18.9. The molecule has 1 heterocycles. The van der Waals surface area contributed by atoms with Gasteiger partial charge in [-0.05, 0) is 62.1 Å². The number of rotatable bonds is 2. The lowest BCUT2D eigenvalue weighted by Crippen LogP contribution is -2.40. The topological polar surface area (TPSA) is 37.4 Å². The summed E-state index contributed by atoms with van der Waals surface area (Å²) in [6.45, 7) is 3.96. The van der Waals surface area contributed by atoms with E-state index < -0.39 is 11.7 Å². The molecule has 0 spiro atoms. The number of ketones is 1. The van der Waals surface area contributed by atoms with Crippen LogP contribution in [-0.4, -0.2) is 11.7 Å². The third kappa shape index (κ3) is 3.16. The molecule has 0 saturated carbocycles. The standard InChI is InChI=1S/C23H21ClFNO2/c1-13-9-14(2)11-15(10-13)26-19-7-4-8-20(27)23(19)16(12-21(26)28)22-17(24)5-3-6-18(22)25/h3,5-6,9-11,16H,4,7-8,12H2,1-2H3. The molecule has 0 radical (unpaired) electrons. The van der Waals surface area contributed by atoms with Gasteiger partial charge < -0.3 is 0 Å². The predicted octanol–water partition coefficient (Wildman–Crippen LogP) is 5.62. The number of aryl methyl sites for hydroxylation is 2. The average Bonchev–Trinajstić information content (AvgIpc) is 2.60. The molecule has 0 fully saturated rings. The molecule has 1 unspecified atom stereocenters. The third-order valence-corrected chi connectivity index (χ3v) is 5.82. The number of carbonyl (C=O) groups excluding carboxylic acids is 2. The van der Waals surface area contributed by atoms with Crippen molar-refractivity contribution in [2.24, 2.45) is 0 Å². The predicted molar refractivity (Wildman–Crippen MR) is 108 cm³/mol. The second-order valence-corrected chi connectivity index (χ2v) is 8.01. The highest BCUT2D eigenvalue weighted by atomic mass is 35.5. The molecule has 0 saturated heterocycles. The molecule has 1 amide bonds. The van der Waals surface area contributed by atoms with Gasteiger partial charge in [-0.15, -0.1) is 0 Å². The molecule has 2 aliphatic rings. The fourth-order valence-electron chi connectivity index (χ4n) is 4.46. The molecule has 2 aromatic carbocycles. The van der Waals surface area contributed by atoms with Gasteiger partial charge in [0, 0.05) is 46.3 Å². The molecule has 4 rings (SSSR count). The van der Waals surface area contributed by atoms with Crippen LogP contribution in [-0.2, 0) is 9.59 Å². The number of carbonyl (C=O) groups is 2. The largest absolute Gasteiger partial charge is 0.294 e. The van der Waals surface area contributed by atoms with Gasteiger partial charge in [-0.25, -0.2) is 4.39 Å². The first-order valence-corrected chi connectivity index (χ1v) is 9.86. The van der Waals surface area contributed by atoms with Crippen molar-refractivity contribution in [1.82, 2.24) is 0 Å². The van der Waals surface area contributed by atoms with Crippen molar-refractivity contribution in [2.75, 3.05) is 4.90 Å². The SMILES string of the molecule is Cc1cc(C)cc(N2C(=O)CC(c3c(F)cccc3Cl)C3=C2CCCC3=O)c1. The van der Waals surface area contributed by atoms with Gasteiger partial charge in [0.2, 0.25) is 5.91 Å². The van der Waals surface area contributed by atoms with E-state index in [0.717, 1.165) is 16.8 Å². The van der Waals surface area contributed by atoms with Gasteiger partial charge in [0.15, 0.2) is 5.78 Å². The lowest BCUT2D eigenvalue weighted by molar-refractivity contribution is -0.119. The molecule has 1 aliphatic heterocycles. The Balaban J connectivity index is 1.92. The molecule has 144 valence electrons. The van der Waals surface area contributed by atoms with Crippen LogP contribution in [0, 0.1) is 19.7 Å². The van der Waals surface area contributed by atoms with E-state index in [4.69, 9.17) is 11.6 Å². The Hall–Kier alpha value is -2.46. The van der Waals surface area contributed by atoms with E-state index in [1.165, 1.54) is 12.1 Å². The Morgan fingerprint density at radius 2 is 1.79 bits per heavy atom. The van der Waals surface area contributed by atoms with Crippen molar-refractivity contribution in [1.29, 1.82) is 0 Å². The summed E-state index contributed by atoms with van der Waals surface area (Å²) in [5.74, 6) is -1.27. The molecule has 3 nitrogen and oxygen atoms in total. The van der Waals surface area contributed by atoms with Gasteiger partial charge in [0.25, 0.3) is 0 Å². The zero-order chi connectivity index (χ0) is 20.0. The summed E-state index contributed by atoms with van der Waals surface area (Å²) in [5, 5.41) is 0.253. The van der Waals surface area contributed by atoms with Crippen LogP contribution in [0.2, 0.25) is 5.02 Å². The van der Waals surface area contributed by atoms with Crippen LogP contribution < -0.4 is 4.90 Å². The van der Waals surface area contributed by atoms with Crippen LogP contribution >= 0.6 is 11.6 Å². The minimum Gasteiger partial charge on any atom is -0.294 e. The highest BCUT2D eigenvalue weighted by molar-refractivity contribution is 6.31. The van der Waals surface area contributed by atoms with E-state index in [1.807, 2.05) is 32.0 Å². The Kier molecular flexibility index (Phi) is 4.84. The van der Waals surface area contributed by atoms with Crippen molar-refractivity contribution in [2.45, 2.75) is 45.4 Å². The van der Waals surface area contributed by atoms with Crippen LogP contribution in [0.15, 0.2) is 47.7 Å². The number of hydrogen-bond donors (Lipinski definition) is 0. The fraction of sp³-hybridized carbons (Fsp3) is 0.304. The summed E-state index contributed by atoms with van der Waals surface area (Å²) < 4.78 is 14.6. The molecular formula is C23H21ClFNO2. The number of benzene rings is 2. The number of Topliss-reactive ketones (excluding diaryl/α,β-unsaturated/α-hetero) is 1. The maximum atomic E-state index is 14.6. The number of nitrogens with zero attached hydrogens (tertiary/aromatic N) is 1. The minimum absolute atomic E-state index is 0.0209. The Bertz CT molecular complexity index is 987. The van der Waals surface area contributed by atoms with Crippen LogP contribution in [0.1, 0.15) is 48.3 Å². The zero-order valence-electron chi connectivity index (χ0n) is 15.9. The number of hydrogen-bond acceptors (Lipinski definition) is 2. The molecule has 0 aromatic heterocycles. The van der Waals surface area contributed by atoms with Crippen LogP contribution in [0.3, 0.4) is 0 Å². The highest BCUT2D eigenvalue weighted by Gasteiger charge is 2.41. The number of allylic oxidation sites excluding steroid dienone is 2. The van der Waals surface area contributed by atoms with Crippen molar-refractivity contribution >= 4 is 29.0 Å². The smallest absolute Gasteiger partial charge is 0.232 e. The van der Waals surface area contributed by atoms with Gasteiger partial charge in [-0.2, -0.15) is 0 Å². The molecular weight excluding hydrogens is 377 g/mol. The minimum atomic E-state index is -0.633. The van der Waals surface area contributed by atoms with E-state index in [1.54, 1.807) is 11.0 Å². The normalized spacial score (nSPS) is 19.9. The second kappa shape index (κ2) is 7.17. The van der Waals surface area contributed by atoms with Gasteiger partial charge in [-0.1, -0.05) is 23.7 Å². The maximum absolute atomic E-state index is 14.6. The lowest BCUT2D eigenvalue weighted by atomic mass is 9.77. The van der Waals surface area contributed by atoms with Gasteiger partial charge >= 0.3 is 0 Å². The third-order valence-electron chi connectivity index (χ3n) is 5.49. The van der Waals surface area contributed by atoms with Crippen LogP contribution in [0.25, 0.3) is 0 Å². The number of amides is 1. The van der Waals surface area contributed by atoms with Crippen molar-refractivity contribution < 1.29 is 14.0 Å². The summed E-state index contributed by atoms with van der Waals surface area (Å²) >= 11 is 6.29. The van der Waals surface area contributed by atoms with Crippen LogP contribution in [0.5, 0.6) is 0 Å². The lowest BCUT2D eigenvalue weighted by Gasteiger charge is -2.38. The van der Waals surface area contributed by atoms with E-state index in [0.29, 0.717) is 30.5 Å². The molecule has 0 bridgehead atoms. The van der Waals surface area contributed by atoms with Gasteiger partial charge in [-0.3, -0.25) is 14.5 Å². The Morgan fingerprint density at radius 1 is 1.07 bits per heavy atom. The summed E-state index contributed by atoms with van der Waals surface area (Å²) in [5.41, 5.74) is 4.35. The van der Waals surface area contributed by atoms with E-state index in [9.17, 15) is 14.0 Å². The first-order valence-electron chi connectivity index (χ1n) is 9.48. The molecule has 1 aliphatic carbocycles. The van der Waals surface area contributed by atoms with E-state index in [-0.39, 0.29) is 28.7 Å². The molecule has 5 heteroatoms. The molecule has 0 N–H and O–H groups in total. The number of halogens is 2. The van der Waals surface area contributed by atoms with E-state index >= 15 is 0 Å². The Labute approximate surface area is 168 Å². The van der Waals surface area contributed by atoms with Gasteiger partial charge in [0.05, 0.1) is 0 Å². The summed E-state index contributed by atoms with van der Waals surface area (Å²) in [6, 6.07) is 10.4. The highest BCUT2D eigenvalue weighted by Crippen LogP contribution is 2.45. The summed E-state index contributed by atoms with van der Waals surface area (Å²) in [6.07, 6.45) is 1.74. The average molecular weight is 398 g/mol. The monoisotopic (exact) mass is 397 g/mol. The summed E-state index contributed by atoms with van der Waals surface area (Å²) in [7, 11) is 0.